The second-order valence-electron chi connectivity index (χ2n) is 9.07. The minimum absolute atomic E-state index is 0.140. The average Bonchev–Trinajstić information content (AvgIpc) is 2.98. The molecule has 0 aliphatic carbocycles. The van der Waals surface area contributed by atoms with Crippen molar-refractivity contribution in [2.75, 3.05) is 5.33 Å². The molecule has 4 aromatic rings. The van der Waals surface area contributed by atoms with Crippen molar-refractivity contribution in [3.8, 4) is 6.07 Å². The molecule has 4 heteroatoms. The molecule has 0 fully saturated rings. The average molecular weight is 603 g/mol. The second kappa shape index (κ2) is 17.9. The van der Waals surface area contributed by atoms with Crippen molar-refractivity contribution >= 4 is 39.5 Å². The largest absolute Gasteiger partial charge is 0.197 e. The Balaban J connectivity index is 0.000000215. The quantitative estimate of drug-likeness (QED) is 0.0916. The monoisotopic (exact) mass is 601 g/mol. The summed E-state index contributed by atoms with van der Waals surface area (Å²) in [6.07, 6.45) is 6.53. The van der Waals surface area contributed by atoms with Crippen LogP contribution >= 0.6 is 39.5 Å². The van der Waals surface area contributed by atoms with Crippen LogP contribution in [-0.2, 0) is 0 Å². The molecule has 0 aliphatic rings. The lowest BCUT2D eigenvalue weighted by molar-refractivity contribution is 0.630. The minimum Gasteiger partial charge on any atom is -0.197 e. The first-order chi connectivity index (χ1) is 18.7. The molecule has 0 aliphatic heterocycles. The highest BCUT2D eigenvalue weighted by molar-refractivity contribution is 9.09. The van der Waals surface area contributed by atoms with E-state index in [-0.39, 0.29) is 5.25 Å². The maximum Gasteiger partial charge on any atom is 0.121 e. The van der Waals surface area contributed by atoms with Crippen LogP contribution in [0.2, 0.25) is 0 Å². The molecule has 0 radical (unpaired) electrons. The third-order valence-corrected chi connectivity index (χ3v) is 9.09. The number of hydrogen-bond donors (Lipinski definition) is 0. The summed E-state index contributed by atoms with van der Waals surface area (Å²) in [5.74, 6) is 0. The van der Waals surface area contributed by atoms with Gasteiger partial charge in [-0.15, -0.1) is 23.5 Å². The SMILES string of the molecule is BrCCCCCCC(Sc1ccccc1)c1ccccc1.Cc1ccc(SC(C#N)c2ccccc2)cc1. The molecule has 0 aromatic heterocycles. The van der Waals surface area contributed by atoms with Crippen LogP contribution in [0.25, 0.3) is 0 Å². The molecule has 2 unspecified atom stereocenters. The Morgan fingerprint density at radius 2 is 1.16 bits per heavy atom. The predicted molar refractivity (Wildman–Crippen MR) is 170 cm³/mol. The summed E-state index contributed by atoms with van der Waals surface area (Å²) in [5, 5.41) is 10.8. The van der Waals surface area contributed by atoms with E-state index in [1.165, 1.54) is 48.1 Å². The molecule has 38 heavy (non-hydrogen) atoms. The van der Waals surface area contributed by atoms with Crippen molar-refractivity contribution in [1.29, 1.82) is 5.26 Å². The fourth-order valence-electron chi connectivity index (χ4n) is 3.95. The Morgan fingerprint density at radius 3 is 1.74 bits per heavy atom. The molecule has 0 spiro atoms. The van der Waals surface area contributed by atoms with Gasteiger partial charge in [0, 0.05) is 20.4 Å². The van der Waals surface area contributed by atoms with Crippen LogP contribution in [-0.4, -0.2) is 5.33 Å². The fourth-order valence-corrected chi connectivity index (χ4v) is 6.48. The van der Waals surface area contributed by atoms with E-state index in [1.807, 2.05) is 42.1 Å². The first kappa shape index (κ1) is 30.1. The highest BCUT2D eigenvalue weighted by Gasteiger charge is 2.13. The number of aryl methyl sites for hydroxylation is 1. The van der Waals surface area contributed by atoms with E-state index in [4.69, 9.17) is 0 Å². The van der Waals surface area contributed by atoms with Crippen LogP contribution in [0.5, 0.6) is 0 Å². The van der Waals surface area contributed by atoms with Gasteiger partial charge in [-0.3, -0.25) is 0 Å². The number of nitriles is 1. The third-order valence-electron chi connectivity index (χ3n) is 6.04. The number of thioether (sulfide) groups is 2. The van der Waals surface area contributed by atoms with Gasteiger partial charge < -0.3 is 0 Å². The van der Waals surface area contributed by atoms with Crippen molar-refractivity contribution in [3.63, 3.8) is 0 Å². The smallest absolute Gasteiger partial charge is 0.121 e. The lowest BCUT2D eigenvalue weighted by Crippen LogP contribution is -1.95. The van der Waals surface area contributed by atoms with E-state index < -0.39 is 0 Å². The van der Waals surface area contributed by atoms with Crippen molar-refractivity contribution in [2.45, 2.75) is 59.3 Å². The van der Waals surface area contributed by atoms with Crippen molar-refractivity contribution in [1.82, 2.24) is 0 Å². The van der Waals surface area contributed by atoms with E-state index in [0.29, 0.717) is 5.25 Å². The van der Waals surface area contributed by atoms with Gasteiger partial charge in [-0.2, -0.15) is 5.26 Å². The molecule has 4 rings (SSSR count). The van der Waals surface area contributed by atoms with E-state index >= 15 is 0 Å². The zero-order valence-corrected chi connectivity index (χ0v) is 25.2. The fraction of sp³-hybridized carbons (Fsp3) is 0.265. The van der Waals surface area contributed by atoms with E-state index in [9.17, 15) is 5.26 Å². The Kier molecular flexibility index (Phi) is 14.2. The van der Waals surface area contributed by atoms with E-state index in [0.717, 1.165) is 15.8 Å². The minimum atomic E-state index is -0.140. The molecule has 0 saturated heterocycles. The number of alkyl halides is 1. The number of halogens is 1. The number of benzene rings is 4. The van der Waals surface area contributed by atoms with Crippen LogP contribution < -0.4 is 0 Å². The van der Waals surface area contributed by atoms with Gasteiger partial charge in [0.25, 0.3) is 0 Å². The van der Waals surface area contributed by atoms with Gasteiger partial charge in [-0.05, 0) is 55.2 Å². The number of hydrogen-bond acceptors (Lipinski definition) is 3. The molecular weight excluding hydrogens is 566 g/mol. The Labute approximate surface area is 246 Å². The molecule has 196 valence electrons. The van der Waals surface area contributed by atoms with E-state index in [2.05, 4.69) is 114 Å². The maximum atomic E-state index is 9.22. The molecular formula is C34H36BrNS2. The highest BCUT2D eigenvalue weighted by atomic mass is 79.9. The van der Waals surface area contributed by atoms with Crippen LogP contribution in [0, 0.1) is 18.3 Å². The third kappa shape index (κ3) is 11.1. The van der Waals surface area contributed by atoms with Crippen molar-refractivity contribution in [3.05, 3.63) is 132 Å². The molecule has 2 atom stereocenters. The van der Waals surface area contributed by atoms with Crippen LogP contribution in [0.4, 0.5) is 0 Å². The van der Waals surface area contributed by atoms with Gasteiger partial charge in [-0.25, -0.2) is 0 Å². The Hall–Kier alpha value is -2.45. The van der Waals surface area contributed by atoms with Crippen LogP contribution in [0.1, 0.15) is 59.3 Å². The topological polar surface area (TPSA) is 23.8 Å². The molecule has 4 aromatic carbocycles. The lowest BCUT2D eigenvalue weighted by atomic mass is 10.1. The van der Waals surface area contributed by atoms with E-state index in [1.54, 1.807) is 11.8 Å². The summed E-state index contributed by atoms with van der Waals surface area (Å²) in [4.78, 5) is 2.50. The Bertz CT molecular complexity index is 1190. The standard InChI is InChI=1S/C19H23BrS.C15H13NS/c20-16-10-2-1-9-15-19(17-11-5-3-6-12-17)21-18-13-7-4-8-14-18;1-12-7-9-14(10-8-12)17-15(11-16)13-5-3-2-4-6-13/h3-8,11-14,19H,1-2,9-10,15-16H2;2-10,15H,1H3. The molecule has 0 amide bonds. The van der Waals surface area contributed by atoms with Gasteiger partial charge in [0.1, 0.15) is 5.25 Å². The van der Waals surface area contributed by atoms with Gasteiger partial charge in [0.15, 0.2) is 0 Å². The molecule has 0 bridgehead atoms. The molecule has 1 nitrogen and oxygen atoms in total. The number of nitrogens with zero attached hydrogens (tertiary/aromatic N) is 1. The molecule has 0 saturated carbocycles. The first-order valence-corrected chi connectivity index (χ1v) is 16.1. The summed E-state index contributed by atoms with van der Waals surface area (Å²) >= 11 is 7.09. The van der Waals surface area contributed by atoms with Gasteiger partial charge in [0.2, 0.25) is 0 Å². The van der Waals surface area contributed by atoms with Gasteiger partial charge >= 0.3 is 0 Å². The van der Waals surface area contributed by atoms with Crippen molar-refractivity contribution < 1.29 is 0 Å². The Morgan fingerprint density at radius 1 is 0.632 bits per heavy atom. The number of rotatable bonds is 12. The maximum absolute atomic E-state index is 9.22. The zero-order chi connectivity index (χ0) is 26.8. The zero-order valence-electron chi connectivity index (χ0n) is 22.0. The normalized spacial score (nSPS) is 12.0. The molecule has 0 heterocycles. The predicted octanol–water partition coefficient (Wildman–Crippen LogP) is 11.2. The summed E-state index contributed by atoms with van der Waals surface area (Å²) < 4.78 is 0. The van der Waals surface area contributed by atoms with Crippen LogP contribution in [0.15, 0.2) is 125 Å². The molecule has 0 N–H and O–H groups in total. The van der Waals surface area contributed by atoms with Crippen LogP contribution in [0.3, 0.4) is 0 Å². The van der Waals surface area contributed by atoms with Crippen molar-refractivity contribution in [2.24, 2.45) is 0 Å². The summed E-state index contributed by atoms with van der Waals surface area (Å²) in [7, 11) is 0. The first-order valence-electron chi connectivity index (χ1n) is 13.2. The summed E-state index contributed by atoms with van der Waals surface area (Å²) in [6.45, 7) is 2.06. The summed E-state index contributed by atoms with van der Waals surface area (Å²) in [5.41, 5.74) is 3.75. The summed E-state index contributed by atoms with van der Waals surface area (Å²) in [6, 6.07) is 42.2. The van der Waals surface area contributed by atoms with Gasteiger partial charge in [-0.1, -0.05) is 132 Å². The number of unbranched alkanes of at least 4 members (excludes halogenated alkanes) is 3. The highest BCUT2D eigenvalue weighted by Crippen LogP contribution is 2.39. The lowest BCUT2D eigenvalue weighted by Gasteiger charge is -2.17. The van der Waals surface area contributed by atoms with Gasteiger partial charge in [0.05, 0.1) is 6.07 Å². The second-order valence-corrected chi connectivity index (χ2v) is 12.3.